The minimum Gasteiger partial charge on any atom is -0.497 e. The minimum atomic E-state index is -0.739. The maximum absolute atomic E-state index is 13.5. The number of nitrogens with two attached hydrogens (primary N) is 2. The first-order valence-corrected chi connectivity index (χ1v) is 14.7. The fourth-order valence-corrected chi connectivity index (χ4v) is 5.25. The van der Waals surface area contributed by atoms with Crippen molar-refractivity contribution < 1.29 is 23.9 Å². The molecule has 41 heavy (non-hydrogen) atoms. The van der Waals surface area contributed by atoms with E-state index in [0.717, 1.165) is 29.0 Å². The van der Waals surface area contributed by atoms with Crippen LogP contribution in [0.5, 0.6) is 5.75 Å². The monoisotopic (exact) mass is 580 g/mol. The Morgan fingerprint density at radius 1 is 0.976 bits per heavy atom. The first-order valence-electron chi connectivity index (χ1n) is 13.8. The van der Waals surface area contributed by atoms with Gasteiger partial charge < -0.3 is 31.2 Å². The predicted octanol–water partition coefficient (Wildman–Crippen LogP) is 4.00. The van der Waals surface area contributed by atoms with Crippen molar-refractivity contribution in [2.75, 3.05) is 26.7 Å². The number of nitrogens with one attached hydrogen (secondary N) is 1. The van der Waals surface area contributed by atoms with Gasteiger partial charge in [0.05, 0.1) is 12.7 Å². The number of hydrogen-bond donors (Lipinski definition) is 3. The van der Waals surface area contributed by atoms with E-state index in [2.05, 4.69) is 5.32 Å². The number of esters is 1. The van der Waals surface area contributed by atoms with Crippen LogP contribution in [0.3, 0.4) is 0 Å². The molecule has 0 saturated heterocycles. The van der Waals surface area contributed by atoms with Crippen molar-refractivity contribution in [2.45, 2.75) is 51.8 Å². The largest absolute Gasteiger partial charge is 0.497 e. The molecule has 0 fully saturated rings. The smallest absolute Gasteiger partial charge is 0.338 e. The second-order valence-electron chi connectivity index (χ2n) is 9.83. The van der Waals surface area contributed by atoms with Gasteiger partial charge in [-0.1, -0.05) is 32.0 Å². The summed E-state index contributed by atoms with van der Waals surface area (Å²) in [5.41, 5.74) is 13.5. The van der Waals surface area contributed by atoms with Crippen LogP contribution in [0, 0.1) is 0 Å². The van der Waals surface area contributed by atoms with Crippen molar-refractivity contribution in [3.63, 3.8) is 0 Å². The summed E-state index contributed by atoms with van der Waals surface area (Å²) in [7, 11) is 1.61. The lowest BCUT2D eigenvalue weighted by Crippen LogP contribution is -2.45. The topological polar surface area (TPSA) is 137 Å². The Morgan fingerprint density at radius 3 is 2.32 bits per heavy atom. The molecule has 9 nitrogen and oxygen atoms in total. The molecule has 0 unspecified atom stereocenters. The molecule has 0 aliphatic rings. The van der Waals surface area contributed by atoms with Crippen LogP contribution in [-0.2, 0) is 17.7 Å². The van der Waals surface area contributed by atoms with Gasteiger partial charge in [0, 0.05) is 54.6 Å². The zero-order valence-corrected chi connectivity index (χ0v) is 24.7. The molecular formula is C31H40N4O5S. The molecular weight excluding hydrogens is 540 g/mol. The van der Waals surface area contributed by atoms with Crippen molar-refractivity contribution in [1.82, 2.24) is 10.2 Å². The highest BCUT2D eigenvalue weighted by molar-refractivity contribution is 7.09. The number of amides is 2. The van der Waals surface area contributed by atoms with Crippen molar-refractivity contribution in [3.8, 4) is 5.75 Å². The van der Waals surface area contributed by atoms with Crippen LogP contribution >= 0.6 is 11.3 Å². The fraction of sp³-hybridized carbons (Fsp3) is 0.387. The molecule has 2 amide bonds. The molecule has 0 aliphatic heterocycles. The summed E-state index contributed by atoms with van der Waals surface area (Å²) in [4.78, 5) is 41.6. The molecule has 0 spiro atoms. The van der Waals surface area contributed by atoms with Crippen molar-refractivity contribution in [1.29, 1.82) is 0 Å². The van der Waals surface area contributed by atoms with Gasteiger partial charge in [-0.05, 0) is 60.2 Å². The third-order valence-electron chi connectivity index (χ3n) is 6.54. The highest BCUT2D eigenvalue weighted by Gasteiger charge is 2.25. The van der Waals surface area contributed by atoms with Gasteiger partial charge in [0.25, 0.3) is 5.91 Å². The number of carbonyl (C=O) groups excluding carboxylic acids is 3. The average molecular weight is 581 g/mol. The lowest BCUT2D eigenvalue weighted by molar-refractivity contribution is 0.0239. The number of methoxy groups -OCH3 is 1. The van der Waals surface area contributed by atoms with E-state index < -0.39 is 24.0 Å². The molecule has 2 aromatic carbocycles. The van der Waals surface area contributed by atoms with E-state index in [1.54, 1.807) is 23.3 Å². The van der Waals surface area contributed by atoms with Crippen LogP contribution in [0.1, 0.15) is 68.2 Å². The predicted molar refractivity (Wildman–Crippen MR) is 161 cm³/mol. The second-order valence-corrected chi connectivity index (χ2v) is 10.9. The van der Waals surface area contributed by atoms with Crippen molar-refractivity contribution in [3.05, 3.63) is 87.1 Å². The number of hydrogen-bond acceptors (Lipinski definition) is 8. The molecule has 0 radical (unpaired) electrons. The molecule has 3 aromatic rings. The third kappa shape index (κ3) is 9.41. The Balaban J connectivity index is 1.83. The number of benzene rings is 2. The van der Waals surface area contributed by atoms with Crippen LogP contribution < -0.4 is 21.5 Å². The number of nitrogens with zero attached hydrogens (tertiary/aromatic N) is 1. The number of thiophene rings is 1. The maximum atomic E-state index is 13.5. The van der Waals surface area contributed by atoms with Gasteiger partial charge in [-0.3, -0.25) is 9.59 Å². The maximum Gasteiger partial charge on any atom is 0.338 e. The Morgan fingerprint density at radius 2 is 1.68 bits per heavy atom. The van der Waals surface area contributed by atoms with Crippen molar-refractivity contribution in [2.24, 2.45) is 11.5 Å². The first-order chi connectivity index (χ1) is 19.7. The van der Waals surface area contributed by atoms with Gasteiger partial charge in [-0.25, -0.2) is 4.79 Å². The van der Waals surface area contributed by atoms with Crippen LogP contribution in [0.4, 0.5) is 0 Å². The number of primary amides is 1. The number of carbonyl (C=O) groups is 3. The number of rotatable bonds is 16. The van der Waals surface area contributed by atoms with E-state index in [4.69, 9.17) is 20.9 Å². The second kappa shape index (κ2) is 15.9. The highest BCUT2D eigenvalue weighted by Crippen LogP contribution is 2.18. The molecule has 0 aliphatic carbocycles. The van der Waals surface area contributed by atoms with Gasteiger partial charge in [0.15, 0.2) is 0 Å². The molecule has 1 aromatic heterocycles. The zero-order valence-electron chi connectivity index (χ0n) is 23.9. The number of ether oxygens (including phenoxy) is 2. The summed E-state index contributed by atoms with van der Waals surface area (Å²) in [5, 5.41) is 5.30. The zero-order chi connectivity index (χ0) is 29.8. The summed E-state index contributed by atoms with van der Waals surface area (Å²) < 4.78 is 11.2. The van der Waals surface area contributed by atoms with E-state index in [0.29, 0.717) is 26.1 Å². The highest BCUT2D eigenvalue weighted by atomic mass is 32.1. The van der Waals surface area contributed by atoms with Gasteiger partial charge in [-0.2, -0.15) is 0 Å². The lowest BCUT2D eigenvalue weighted by atomic mass is 10.0. The SMILES string of the molecule is CCCN(CCC)C(=O)c1cc(C(N)=O)cc(C(=O)O[C@H](CNCc2cccc(OC)c2)[C@H](N)Cc2cccs2)c1. The van der Waals surface area contributed by atoms with E-state index in [1.807, 2.05) is 55.6 Å². The third-order valence-corrected chi connectivity index (χ3v) is 7.43. The Labute approximate surface area is 245 Å². The molecule has 0 saturated carbocycles. The normalized spacial score (nSPS) is 12.4. The average Bonchev–Trinajstić information content (AvgIpc) is 3.49. The van der Waals surface area contributed by atoms with E-state index in [-0.39, 0.29) is 29.1 Å². The molecule has 0 bridgehead atoms. The molecule has 220 valence electrons. The van der Waals surface area contributed by atoms with Crippen LogP contribution in [0.15, 0.2) is 60.0 Å². The molecule has 10 heteroatoms. The molecule has 2 atom stereocenters. The quantitative estimate of drug-likeness (QED) is 0.218. The molecule has 5 N–H and O–H groups in total. The standard InChI is InChI=1S/C31H40N4O5S/c1-4-11-35(12-5-2)30(37)23-15-22(29(33)36)16-24(17-23)31(38)40-28(27(32)18-26-10-7-13-41-26)20-34-19-21-8-6-9-25(14-21)39-3/h6-10,13-17,27-28,34H,4-5,11-12,18-20,32H2,1-3H3,(H2,33,36)/t27-,28-/m1/s1. The van der Waals surface area contributed by atoms with Gasteiger partial charge in [0.2, 0.25) is 5.91 Å². The van der Waals surface area contributed by atoms with E-state index in [9.17, 15) is 14.4 Å². The summed E-state index contributed by atoms with van der Waals surface area (Å²) in [6.07, 6.45) is 1.39. The lowest BCUT2D eigenvalue weighted by Gasteiger charge is -2.25. The van der Waals surface area contributed by atoms with Gasteiger partial charge in [-0.15, -0.1) is 11.3 Å². The Hall–Kier alpha value is -3.73. The summed E-state index contributed by atoms with van der Waals surface area (Å²) in [5.74, 6) is -0.943. The Kier molecular flexibility index (Phi) is 12.3. The van der Waals surface area contributed by atoms with E-state index >= 15 is 0 Å². The minimum absolute atomic E-state index is 0.0614. The van der Waals surface area contributed by atoms with Gasteiger partial charge >= 0.3 is 5.97 Å². The van der Waals surface area contributed by atoms with E-state index in [1.165, 1.54) is 18.2 Å². The van der Waals surface area contributed by atoms with Crippen LogP contribution in [-0.4, -0.2) is 61.6 Å². The summed E-state index contributed by atoms with van der Waals surface area (Å²) in [6, 6.07) is 15.3. The van der Waals surface area contributed by atoms with Crippen LogP contribution in [0.2, 0.25) is 0 Å². The summed E-state index contributed by atoms with van der Waals surface area (Å²) in [6.45, 7) is 5.90. The van der Waals surface area contributed by atoms with Crippen molar-refractivity contribution >= 4 is 29.1 Å². The fourth-order valence-electron chi connectivity index (χ4n) is 4.47. The molecule has 1 heterocycles. The van der Waals surface area contributed by atoms with Crippen LogP contribution in [0.25, 0.3) is 0 Å². The Bertz CT molecular complexity index is 1290. The van der Waals surface area contributed by atoms with Gasteiger partial charge in [0.1, 0.15) is 11.9 Å². The molecule has 3 rings (SSSR count). The summed E-state index contributed by atoms with van der Waals surface area (Å²) >= 11 is 1.58. The first kappa shape index (κ1) is 31.8.